The van der Waals surface area contributed by atoms with E-state index in [1.165, 1.54) is 12.1 Å². The third kappa shape index (κ3) is 6.95. The number of nitrogens with one attached hydrogen (secondary N) is 2. The average molecular weight is 510 g/mol. The van der Waals surface area contributed by atoms with E-state index in [-0.39, 0.29) is 30.5 Å². The number of rotatable bonds is 8. The van der Waals surface area contributed by atoms with Gasteiger partial charge in [0, 0.05) is 23.2 Å². The normalized spacial score (nSPS) is 11.5. The summed E-state index contributed by atoms with van der Waals surface area (Å²) in [5.41, 5.74) is -0.764. The predicted octanol–water partition coefficient (Wildman–Crippen LogP) is 3.23. The molecule has 35 heavy (non-hydrogen) atoms. The molecule has 0 bridgehead atoms. The fourth-order valence-corrected chi connectivity index (χ4v) is 3.39. The van der Waals surface area contributed by atoms with E-state index >= 15 is 0 Å². The number of amides is 2. The molecule has 0 aliphatic heterocycles. The summed E-state index contributed by atoms with van der Waals surface area (Å²) in [6.45, 7) is 2.58. The van der Waals surface area contributed by atoms with Gasteiger partial charge in [-0.25, -0.2) is 9.48 Å². The summed E-state index contributed by atoms with van der Waals surface area (Å²) in [4.78, 5) is 37.7. The number of aromatic nitrogens is 3. The molecular formula is C23H23ClF3N5O3. The van der Waals surface area contributed by atoms with Crippen molar-refractivity contribution in [1.29, 1.82) is 0 Å². The minimum atomic E-state index is -4.50. The minimum absolute atomic E-state index is 0.145. The average Bonchev–Trinajstić information content (AvgIpc) is 3.07. The highest BCUT2D eigenvalue weighted by molar-refractivity contribution is 6.30. The Morgan fingerprint density at radius 3 is 2.37 bits per heavy atom. The monoisotopic (exact) mass is 509 g/mol. The molecule has 3 rings (SSSR count). The first kappa shape index (κ1) is 26.0. The molecular weight excluding hydrogens is 487 g/mol. The van der Waals surface area contributed by atoms with Crippen LogP contribution in [0.1, 0.15) is 25.0 Å². The standard InChI is InChI=1S/C23H23ClF3N5O3/c1-14(2)29-20(34)12-31-21(16-6-8-18(24)9-7-16)30-32(22(31)35)13-19(33)28-11-15-4-3-5-17(10-15)23(25,26)27/h3-10,14H,11-13H2,1-2H3,(H,28,33)(H,29,34). The lowest BCUT2D eigenvalue weighted by Gasteiger charge is -2.10. The molecule has 0 aliphatic carbocycles. The van der Waals surface area contributed by atoms with Crippen LogP contribution < -0.4 is 16.3 Å². The van der Waals surface area contributed by atoms with E-state index in [1.807, 2.05) is 0 Å². The predicted molar refractivity (Wildman–Crippen MR) is 124 cm³/mol. The van der Waals surface area contributed by atoms with Gasteiger partial charge in [0.25, 0.3) is 0 Å². The molecule has 0 radical (unpaired) electrons. The molecule has 12 heteroatoms. The summed E-state index contributed by atoms with van der Waals surface area (Å²) in [6, 6.07) is 10.9. The number of carbonyl (C=O) groups is 2. The van der Waals surface area contributed by atoms with Crippen molar-refractivity contribution >= 4 is 23.4 Å². The Hall–Kier alpha value is -3.60. The fourth-order valence-electron chi connectivity index (χ4n) is 3.26. The molecule has 0 fully saturated rings. The molecule has 0 aliphatic rings. The topological polar surface area (TPSA) is 98.0 Å². The molecule has 8 nitrogen and oxygen atoms in total. The van der Waals surface area contributed by atoms with Gasteiger partial charge in [-0.1, -0.05) is 23.7 Å². The highest BCUT2D eigenvalue weighted by Crippen LogP contribution is 2.29. The molecule has 186 valence electrons. The molecule has 0 unspecified atom stereocenters. The highest BCUT2D eigenvalue weighted by Gasteiger charge is 2.30. The second-order valence-corrected chi connectivity index (χ2v) is 8.49. The Labute approximate surface area is 203 Å². The van der Waals surface area contributed by atoms with Crippen molar-refractivity contribution in [3.05, 3.63) is 75.2 Å². The lowest BCUT2D eigenvalue weighted by Crippen LogP contribution is -2.38. The highest BCUT2D eigenvalue weighted by atomic mass is 35.5. The summed E-state index contributed by atoms with van der Waals surface area (Å²) in [5.74, 6) is -0.884. The third-order valence-electron chi connectivity index (χ3n) is 4.81. The fraction of sp³-hybridized carbons (Fsp3) is 0.304. The van der Waals surface area contributed by atoms with E-state index in [0.29, 0.717) is 10.6 Å². The SMILES string of the molecule is CC(C)NC(=O)Cn1c(-c2ccc(Cl)cc2)nn(CC(=O)NCc2cccc(C(F)(F)F)c2)c1=O. The molecule has 1 heterocycles. The first-order chi connectivity index (χ1) is 16.4. The lowest BCUT2D eigenvalue weighted by atomic mass is 10.1. The Bertz CT molecular complexity index is 1270. The van der Waals surface area contributed by atoms with Crippen molar-refractivity contribution in [2.45, 2.75) is 45.7 Å². The van der Waals surface area contributed by atoms with E-state index in [1.54, 1.807) is 38.1 Å². The first-order valence-electron chi connectivity index (χ1n) is 10.6. The van der Waals surface area contributed by atoms with Gasteiger partial charge in [-0.05, 0) is 55.8 Å². The van der Waals surface area contributed by atoms with Gasteiger partial charge < -0.3 is 10.6 Å². The molecule has 1 aromatic heterocycles. The van der Waals surface area contributed by atoms with E-state index in [4.69, 9.17) is 11.6 Å². The van der Waals surface area contributed by atoms with Gasteiger partial charge in [0.2, 0.25) is 11.8 Å². The number of hydrogen-bond acceptors (Lipinski definition) is 4. The second-order valence-electron chi connectivity index (χ2n) is 8.05. The van der Waals surface area contributed by atoms with Crippen molar-refractivity contribution in [3.8, 4) is 11.4 Å². The minimum Gasteiger partial charge on any atom is -0.352 e. The summed E-state index contributed by atoms with van der Waals surface area (Å²) in [5, 5.41) is 9.86. The van der Waals surface area contributed by atoms with Gasteiger partial charge >= 0.3 is 11.9 Å². The number of halogens is 4. The quantitative estimate of drug-likeness (QED) is 0.487. The largest absolute Gasteiger partial charge is 0.416 e. The maximum atomic E-state index is 13.0. The van der Waals surface area contributed by atoms with Crippen molar-refractivity contribution in [2.75, 3.05) is 0 Å². The van der Waals surface area contributed by atoms with Crippen molar-refractivity contribution < 1.29 is 22.8 Å². The van der Waals surface area contributed by atoms with Gasteiger partial charge in [0.15, 0.2) is 5.82 Å². The zero-order valence-corrected chi connectivity index (χ0v) is 19.7. The third-order valence-corrected chi connectivity index (χ3v) is 5.07. The van der Waals surface area contributed by atoms with Crippen LogP contribution in [-0.4, -0.2) is 32.2 Å². The smallest absolute Gasteiger partial charge is 0.352 e. The Balaban J connectivity index is 1.80. The van der Waals surface area contributed by atoms with Crippen LogP contribution in [0, 0.1) is 0 Å². The van der Waals surface area contributed by atoms with Crippen molar-refractivity contribution in [2.24, 2.45) is 0 Å². The van der Waals surface area contributed by atoms with E-state index in [9.17, 15) is 27.6 Å². The summed E-state index contributed by atoms with van der Waals surface area (Å²) in [7, 11) is 0. The van der Waals surface area contributed by atoms with Crippen LogP contribution in [0.4, 0.5) is 13.2 Å². The van der Waals surface area contributed by atoms with Gasteiger partial charge in [0.1, 0.15) is 13.1 Å². The van der Waals surface area contributed by atoms with Crippen molar-refractivity contribution in [3.63, 3.8) is 0 Å². The molecule has 2 N–H and O–H groups in total. The Morgan fingerprint density at radius 2 is 1.74 bits per heavy atom. The lowest BCUT2D eigenvalue weighted by molar-refractivity contribution is -0.137. The zero-order chi connectivity index (χ0) is 25.8. The van der Waals surface area contributed by atoms with Crippen LogP contribution in [0.5, 0.6) is 0 Å². The number of hydrogen-bond donors (Lipinski definition) is 2. The van der Waals surface area contributed by atoms with Gasteiger partial charge in [0.05, 0.1) is 5.56 Å². The second kappa shape index (κ2) is 10.8. The van der Waals surface area contributed by atoms with Gasteiger partial charge in [-0.2, -0.15) is 13.2 Å². The van der Waals surface area contributed by atoms with Crippen molar-refractivity contribution in [1.82, 2.24) is 25.0 Å². The van der Waals surface area contributed by atoms with Crippen LogP contribution in [0.15, 0.2) is 53.3 Å². The number of nitrogens with zero attached hydrogens (tertiary/aromatic N) is 3. The van der Waals surface area contributed by atoms with Gasteiger partial charge in [-0.3, -0.25) is 14.2 Å². The van der Waals surface area contributed by atoms with Crippen LogP contribution in [-0.2, 0) is 35.4 Å². The Morgan fingerprint density at radius 1 is 1.06 bits per heavy atom. The van der Waals surface area contributed by atoms with Crippen LogP contribution in [0.3, 0.4) is 0 Å². The maximum Gasteiger partial charge on any atom is 0.416 e. The zero-order valence-electron chi connectivity index (χ0n) is 18.9. The van der Waals surface area contributed by atoms with E-state index in [0.717, 1.165) is 21.4 Å². The van der Waals surface area contributed by atoms with E-state index in [2.05, 4.69) is 15.7 Å². The van der Waals surface area contributed by atoms with Crippen LogP contribution in [0.25, 0.3) is 11.4 Å². The molecule has 2 aromatic carbocycles. The molecule has 0 saturated heterocycles. The molecule has 3 aromatic rings. The number of alkyl halides is 3. The first-order valence-corrected chi connectivity index (χ1v) is 11.0. The Kier molecular flexibility index (Phi) is 8.00. The van der Waals surface area contributed by atoms with Crippen LogP contribution in [0.2, 0.25) is 5.02 Å². The summed E-state index contributed by atoms with van der Waals surface area (Å²) in [6.07, 6.45) is -4.50. The molecule has 0 saturated carbocycles. The molecule has 0 spiro atoms. The molecule has 2 amide bonds. The maximum absolute atomic E-state index is 13.0. The van der Waals surface area contributed by atoms with E-state index < -0.39 is 35.8 Å². The number of benzene rings is 2. The van der Waals surface area contributed by atoms with Gasteiger partial charge in [-0.15, -0.1) is 5.10 Å². The summed E-state index contributed by atoms with van der Waals surface area (Å²) < 4.78 is 40.7. The number of carbonyl (C=O) groups excluding carboxylic acids is 2. The molecule has 0 atom stereocenters. The summed E-state index contributed by atoms with van der Waals surface area (Å²) >= 11 is 5.93. The van der Waals surface area contributed by atoms with Crippen LogP contribution >= 0.6 is 11.6 Å².